The molecule has 0 aromatic heterocycles. The number of nitrogens with zero attached hydrogens (tertiary/aromatic N) is 3. The molecule has 0 fully saturated rings. The molecule has 2 aromatic rings. The van der Waals surface area contributed by atoms with Crippen LogP contribution in [0.15, 0.2) is 71.4 Å². The first-order valence-corrected chi connectivity index (χ1v) is 8.95. The minimum Gasteiger partial charge on any atom is -0.378 e. The van der Waals surface area contributed by atoms with Crippen LogP contribution in [0.4, 0.5) is 17.1 Å². The highest BCUT2D eigenvalue weighted by Crippen LogP contribution is 2.23. The van der Waals surface area contributed by atoms with Crippen molar-refractivity contribution in [3.63, 3.8) is 0 Å². The molecule has 2 amide bonds. The summed E-state index contributed by atoms with van der Waals surface area (Å²) in [6.07, 6.45) is 1.80. The molecule has 0 radical (unpaired) electrons. The van der Waals surface area contributed by atoms with Crippen molar-refractivity contribution in [2.45, 2.75) is 6.42 Å². The first-order valence-electron chi connectivity index (χ1n) is 8.95. The lowest BCUT2D eigenvalue weighted by Crippen LogP contribution is -2.30. The molecule has 0 atom stereocenters. The van der Waals surface area contributed by atoms with Gasteiger partial charge in [0, 0.05) is 39.3 Å². The zero-order valence-corrected chi connectivity index (χ0v) is 16.2. The highest BCUT2D eigenvalue weighted by molar-refractivity contribution is 5.99. The summed E-state index contributed by atoms with van der Waals surface area (Å²) in [6.45, 7) is 4.18. The molecule has 0 aliphatic rings. The average molecular weight is 379 g/mol. The number of benzene rings is 2. The largest absolute Gasteiger partial charge is 0.378 e. The minimum atomic E-state index is -0.297. The third kappa shape index (κ3) is 6.35. The van der Waals surface area contributed by atoms with Crippen molar-refractivity contribution in [2.75, 3.05) is 32.1 Å². The van der Waals surface area contributed by atoms with E-state index in [1.54, 1.807) is 30.3 Å². The van der Waals surface area contributed by atoms with Gasteiger partial charge in [-0.3, -0.25) is 9.59 Å². The molecular weight excluding hydrogens is 354 g/mol. The molecule has 0 spiro atoms. The van der Waals surface area contributed by atoms with Gasteiger partial charge in [0.05, 0.1) is 16.9 Å². The number of anilines is 1. The number of rotatable bonds is 9. The molecule has 2 rings (SSSR count). The average Bonchev–Trinajstić information content (AvgIpc) is 2.71. The van der Waals surface area contributed by atoms with E-state index in [0.717, 1.165) is 5.69 Å². The molecule has 7 heteroatoms. The first-order chi connectivity index (χ1) is 13.5. The van der Waals surface area contributed by atoms with Crippen LogP contribution in [0.1, 0.15) is 16.8 Å². The van der Waals surface area contributed by atoms with Gasteiger partial charge in [-0.05, 0) is 36.4 Å². The summed E-state index contributed by atoms with van der Waals surface area (Å²) >= 11 is 0. The quantitative estimate of drug-likeness (QED) is 0.516. The lowest BCUT2D eigenvalue weighted by Gasteiger charge is -2.11. The fourth-order valence-electron chi connectivity index (χ4n) is 2.34. The highest BCUT2D eigenvalue weighted by Gasteiger charge is 2.11. The molecule has 2 N–H and O–H groups in total. The van der Waals surface area contributed by atoms with Crippen LogP contribution in [0.2, 0.25) is 0 Å². The van der Waals surface area contributed by atoms with Gasteiger partial charge in [-0.15, -0.1) is 11.7 Å². The van der Waals surface area contributed by atoms with E-state index >= 15 is 0 Å². The molecule has 0 saturated carbocycles. The van der Waals surface area contributed by atoms with Crippen molar-refractivity contribution in [3.8, 4) is 0 Å². The topological polar surface area (TPSA) is 86.2 Å². The van der Waals surface area contributed by atoms with Gasteiger partial charge in [0.15, 0.2) is 0 Å². The molecule has 28 heavy (non-hydrogen) atoms. The van der Waals surface area contributed by atoms with E-state index < -0.39 is 0 Å². The molecular formula is C21H25N5O2. The Balaban J connectivity index is 2.00. The number of carbonyl (C=O) groups excluding carboxylic acids is 2. The number of azo groups is 1. The van der Waals surface area contributed by atoms with Gasteiger partial charge >= 0.3 is 0 Å². The molecule has 0 bridgehead atoms. The van der Waals surface area contributed by atoms with Gasteiger partial charge in [-0.25, -0.2) is 0 Å². The SMILES string of the molecule is C=CCNC(=O)CCNC(=O)c1ccccc1N=Nc1ccc(N(C)C)cc1. The van der Waals surface area contributed by atoms with E-state index in [9.17, 15) is 9.59 Å². The summed E-state index contributed by atoms with van der Waals surface area (Å²) in [6, 6.07) is 14.6. The summed E-state index contributed by atoms with van der Waals surface area (Å²) in [5, 5.41) is 13.8. The van der Waals surface area contributed by atoms with E-state index in [2.05, 4.69) is 27.4 Å². The van der Waals surface area contributed by atoms with Crippen LogP contribution >= 0.6 is 0 Å². The van der Waals surface area contributed by atoms with Crippen molar-refractivity contribution in [2.24, 2.45) is 10.2 Å². The first kappa shape index (κ1) is 20.8. The van der Waals surface area contributed by atoms with Gasteiger partial charge < -0.3 is 15.5 Å². The summed E-state index contributed by atoms with van der Waals surface area (Å²) in [5.41, 5.74) is 2.63. The molecule has 0 saturated heterocycles. The Labute approximate surface area is 165 Å². The van der Waals surface area contributed by atoms with E-state index in [1.807, 2.05) is 43.3 Å². The Morgan fingerprint density at radius 3 is 2.43 bits per heavy atom. The van der Waals surface area contributed by atoms with Gasteiger partial charge in [-0.2, -0.15) is 5.11 Å². The van der Waals surface area contributed by atoms with Crippen molar-refractivity contribution < 1.29 is 9.59 Å². The van der Waals surface area contributed by atoms with E-state index in [1.165, 1.54) is 0 Å². The van der Waals surface area contributed by atoms with E-state index in [4.69, 9.17) is 0 Å². The summed E-state index contributed by atoms with van der Waals surface area (Å²) in [7, 11) is 3.93. The van der Waals surface area contributed by atoms with Gasteiger partial charge in [0.2, 0.25) is 5.91 Å². The normalized spacial score (nSPS) is 10.5. The molecule has 0 unspecified atom stereocenters. The van der Waals surface area contributed by atoms with Crippen LogP contribution < -0.4 is 15.5 Å². The summed E-state index contributed by atoms with van der Waals surface area (Å²) < 4.78 is 0. The highest BCUT2D eigenvalue weighted by atomic mass is 16.2. The fourth-order valence-corrected chi connectivity index (χ4v) is 2.34. The van der Waals surface area contributed by atoms with Crippen molar-refractivity contribution in [1.29, 1.82) is 0 Å². The Morgan fingerprint density at radius 2 is 1.75 bits per heavy atom. The summed E-state index contributed by atoms with van der Waals surface area (Å²) in [4.78, 5) is 26.0. The number of carbonyl (C=O) groups is 2. The zero-order valence-electron chi connectivity index (χ0n) is 16.2. The second-order valence-electron chi connectivity index (χ2n) is 6.23. The Hall–Kier alpha value is -3.48. The molecule has 0 aliphatic heterocycles. The molecule has 2 aromatic carbocycles. The lowest BCUT2D eigenvalue weighted by molar-refractivity contribution is -0.120. The third-order valence-electron chi connectivity index (χ3n) is 3.87. The van der Waals surface area contributed by atoms with Crippen LogP contribution in [0.25, 0.3) is 0 Å². The number of hydrogen-bond donors (Lipinski definition) is 2. The Bertz CT molecular complexity index is 844. The van der Waals surface area contributed by atoms with Crippen LogP contribution in [-0.2, 0) is 4.79 Å². The number of amides is 2. The second-order valence-corrected chi connectivity index (χ2v) is 6.23. The van der Waals surface area contributed by atoms with Crippen molar-refractivity contribution >= 4 is 28.9 Å². The van der Waals surface area contributed by atoms with Crippen LogP contribution in [0.3, 0.4) is 0 Å². The fraction of sp³-hybridized carbons (Fsp3) is 0.238. The second kappa shape index (κ2) is 10.6. The summed E-state index contributed by atoms with van der Waals surface area (Å²) in [5.74, 6) is -0.441. The molecule has 146 valence electrons. The molecule has 0 heterocycles. The number of hydrogen-bond acceptors (Lipinski definition) is 5. The standard InChI is InChI=1S/C21H25N5O2/c1-4-14-22-20(27)13-15-23-21(28)18-7-5-6-8-19(18)25-24-16-9-11-17(12-10-16)26(2)3/h4-12H,1,13-15H2,2-3H3,(H,22,27)(H,23,28). The van der Waals surface area contributed by atoms with Crippen molar-refractivity contribution in [3.05, 3.63) is 66.7 Å². The Kier molecular flexibility index (Phi) is 7.90. The maximum atomic E-state index is 12.4. The molecule has 0 aliphatic carbocycles. The predicted molar refractivity (Wildman–Crippen MR) is 112 cm³/mol. The van der Waals surface area contributed by atoms with Gasteiger partial charge in [0.1, 0.15) is 0 Å². The van der Waals surface area contributed by atoms with E-state index in [-0.39, 0.29) is 24.8 Å². The maximum absolute atomic E-state index is 12.4. The smallest absolute Gasteiger partial charge is 0.253 e. The number of nitrogens with one attached hydrogen (secondary N) is 2. The molecule has 7 nitrogen and oxygen atoms in total. The van der Waals surface area contributed by atoms with Crippen LogP contribution in [0.5, 0.6) is 0 Å². The minimum absolute atomic E-state index is 0.144. The zero-order chi connectivity index (χ0) is 20.4. The van der Waals surface area contributed by atoms with Crippen LogP contribution in [-0.4, -0.2) is 39.0 Å². The maximum Gasteiger partial charge on any atom is 0.253 e. The van der Waals surface area contributed by atoms with Crippen LogP contribution in [0, 0.1) is 0 Å². The third-order valence-corrected chi connectivity index (χ3v) is 3.87. The predicted octanol–water partition coefficient (Wildman–Crippen LogP) is 3.59. The van der Waals surface area contributed by atoms with Gasteiger partial charge in [-0.1, -0.05) is 18.2 Å². The van der Waals surface area contributed by atoms with Gasteiger partial charge in [0.25, 0.3) is 5.91 Å². The monoisotopic (exact) mass is 379 g/mol. The van der Waals surface area contributed by atoms with Crippen molar-refractivity contribution in [1.82, 2.24) is 10.6 Å². The lowest BCUT2D eigenvalue weighted by atomic mass is 10.1. The van der Waals surface area contributed by atoms with E-state index in [0.29, 0.717) is 23.5 Å². The Morgan fingerprint density at radius 1 is 1.04 bits per heavy atom.